The van der Waals surface area contributed by atoms with E-state index in [1.807, 2.05) is 36.4 Å². The molecule has 0 saturated carbocycles. The van der Waals surface area contributed by atoms with E-state index in [-0.39, 0.29) is 18.0 Å². The van der Waals surface area contributed by atoms with E-state index in [0.29, 0.717) is 35.5 Å². The number of pyridine rings is 1. The van der Waals surface area contributed by atoms with Crippen molar-refractivity contribution in [3.8, 4) is 11.9 Å². The van der Waals surface area contributed by atoms with Crippen molar-refractivity contribution >= 4 is 23.3 Å². The normalized spacial score (nSPS) is 11.3. The van der Waals surface area contributed by atoms with Gasteiger partial charge in [0.1, 0.15) is 11.6 Å². The minimum atomic E-state index is -0.524. The van der Waals surface area contributed by atoms with Gasteiger partial charge in [-0.2, -0.15) is 15.5 Å². The number of aliphatic imine (C=N–C) groups is 1. The summed E-state index contributed by atoms with van der Waals surface area (Å²) >= 11 is 0. The molecule has 8 heteroatoms. The van der Waals surface area contributed by atoms with Gasteiger partial charge in [-0.05, 0) is 55.3 Å². The van der Waals surface area contributed by atoms with Crippen molar-refractivity contribution in [1.82, 2.24) is 4.57 Å². The second-order valence-electron chi connectivity index (χ2n) is 6.96. The minimum absolute atomic E-state index is 0.0154. The number of hydrogen-bond donors (Lipinski definition) is 1. The lowest BCUT2D eigenvalue weighted by atomic mass is 10.1. The number of aromatic nitrogens is 1. The quantitative estimate of drug-likeness (QED) is 0.310. The Hall–Kier alpha value is -4.09. The Bertz CT molecular complexity index is 1220. The topological polar surface area (TPSA) is 112 Å². The van der Waals surface area contributed by atoms with Crippen LogP contribution in [-0.4, -0.2) is 29.6 Å². The van der Waals surface area contributed by atoms with Gasteiger partial charge in [0.05, 0.1) is 22.6 Å². The van der Waals surface area contributed by atoms with Gasteiger partial charge in [0, 0.05) is 26.5 Å². The monoisotopic (exact) mass is 429 g/mol. The molecular formula is C24H23N5O3. The molecule has 2 aromatic carbocycles. The molecule has 0 atom stereocenters. The maximum Gasteiger partial charge on any atom is 0.271 e. The molecule has 1 heterocycles. The second kappa shape index (κ2) is 10.8. The number of azo groups is 1. The molecule has 0 bridgehead atoms. The van der Waals surface area contributed by atoms with Gasteiger partial charge >= 0.3 is 0 Å². The van der Waals surface area contributed by atoms with Crippen molar-refractivity contribution in [3.05, 3.63) is 81.6 Å². The molecule has 0 amide bonds. The molecule has 162 valence electrons. The molecule has 32 heavy (non-hydrogen) atoms. The van der Waals surface area contributed by atoms with Crippen LogP contribution in [0.2, 0.25) is 0 Å². The summed E-state index contributed by atoms with van der Waals surface area (Å²) < 4.78 is 6.19. The highest BCUT2D eigenvalue weighted by molar-refractivity contribution is 5.87. The van der Waals surface area contributed by atoms with Crippen LogP contribution in [0.25, 0.3) is 0 Å². The Kier molecular flexibility index (Phi) is 7.62. The fourth-order valence-electron chi connectivity index (χ4n) is 3.05. The lowest BCUT2D eigenvalue weighted by molar-refractivity contribution is 0.188. The Labute approximate surface area is 185 Å². The first-order valence-electron chi connectivity index (χ1n) is 10.0. The molecule has 0 aliphatic rings. The molecule has 0 fully saturated rings. The van der Waals surface area contributed by atoms with Gasteiger partial charge in [0.25, 0.3) is 5.56 Å². The van der Waals surface area contributed by atoms with Crippen LogP contribution in [0.3, 0.4) is 0 Å². The molecule has 0 aliphatic heterocycles. The molecule has 0 radical (unpaired) electrons. The smallest absolute Gasteiger partial charge is 0.271 e. The summed E-state index contributed by atoms with van der Waals surface area (Å²) in [5, 5.41) is 28.5. The number of methoxy groups -OCH3 is 1. The number of rotatable bonds is 8. The Morgan fingerprint density at radius 1 is 1.06 bits per heavy atom. The molecule has 3 rings (SSSR count). The van der Waals surface area contributed by atoms with Crippen LogP contribution in [0.4, 0.5) is 17.1 Å². The summed E-state index contributed by atoms with van der Waals surface area (Å²) in [4.78, 5) is 16.9. The fraction of sp³-hybridized carbons (Fsp3) is 0.208. The summed E-state index contributed by atoms with van der Waals surface area (Å²) in [7, 11) is 1.56. The lowest BCUT2D eigenvalue weighted by Gasteiger charge is -2.13. The van der Waals surface area contributed by atoms with Crippen molar-refractivity contribution in [2.24, 2.45) is 15.2 Å². The molecule has 0 aliphatic carbocycles. The first-order chi connectivity index (χ1) is 15.5. The maximum atomic E-state index is 12.5. The van der Waals surface area contributed by atoms with Crippen LogP contribution in [0.15, 0.2) is 74.6 Å². The van der Waals surface area contributed by atoms with Gasteiger partial charge in [-0.3, -0.25) is 14.4 Å². The predicted octanol–water partition coefficient (Wildman–Crippen LogP) is 4.94. The van der Waals surface area contributed by atoms with E-state index in [0.717, 1.165) is 5.69 Å². The minimum Gasteiger partial charge on any atom is -0.494 e. The molecule has 8 nitrogen and oxygen atoms in total. The highest BCUT2D eigenvalue weighted by Gasteiger charge is 2.17. The van der Waals surface area contributed by atoms with E-state index in [1.165, 1.54) is 10.8 Å². The highest BCUT2D eigenvalue weighted by atomic mass is 16.5. The number of hydrogen-bond acceptors (Lipinski definition) is 7. The van der Waals surface area contributed by atoms with Gasteiger partial charge < -0.3 is 9.84 Å². The van der Waals surface area contributed by atoms with Crippen LogP contribution in [-0.2, 0) is 11.3 Å². The molecule has 1 N–H and O–H groups in total. The third-order valence-electron chi connectivity index (χ3n) is 4.81. The summed E-state index contributed by atoms with van der Waals surface area (Å²) in [6.45, 7) is 2.28. The van der Waals surface area contributed by atoms with Gasteiger partial charge in [0.2, 0.25) is 5.88 Å². The van der Waals surface area contributed by atoms with Crippen molar-refractivity contribution in [1.29, 1.82) is 5.26 Å². The predicted molar refractivity (Wildman–Crippen MR) is 123 cm³/mol. The van der Waals surface area contributed by atoms with Crippen LogP contribution in [0.1, 0.15) is 23.1 Å². The van der Waals surface area contributed by atoms with E-state index >= 15 is 0 Å². The van der Waals surface area contributed by atoms with Gasteiger partial charge in [-0.25, -0.2) is 0 Å². The zero-order valence-corrected chi connectivity index (χ0v) is 17.9. The molecule has 3 aromatic rings. The van der Waals surface area contributed by atoms with E-state index in [1.54, 1.807) is 38.3 Å². The van der Waals surface area contributed by atoms with E-state index in [9.17, 15) is 15.2 Å². The molecule has 0 unspecified atom stereocenters. The van der Waals surface area contributed by atoms with Gasteiger partial charge in [-0.1, -0.05) is 18.2 Å². The van der Waals surface area contributed by atoms with Crippen molar-refractivity contribution in [3.63, 3.8) is 0 Å². The number of nitriles is 1. The average Bonchev–Trinajstić information content (AvgIpc) is 2.81. The first kappa shape index (κ1) is 22.6. The zero-order valence-electron chi connectivity index (χ0n) is 17.9. The van der Waals surface area contributed by atoms with E-state index in [4.69, 9.17) is 4.74 Å². The lowest BCUT2D eigenvalue weighted by Crippen LogP contribution is -2.26. The highest BCUT2D eigenvalue weighted by Crippen LogP contribution is 2.24. The standard InChI is InChI=1S/C24H23N5O3/c1-17-21(15-25)23(30)29(13-6-14-32-2)24(31)22(17)16-26-18-9-11-20(12-10-18)28-27-19-7-4-3-5-8-19/h3-5,7-12,16,31H,6,13-14H2,1-2H3. The van der Waals surface area contributed by atoms with Gasteiger partial charge in [-0.15, -0.1) is 0 Å². The molecule has 1 aromatic heterocycles. The van der Waals surface area contributed by atoms with Crippen LogP contribution >= 0.6 is 0 Å². The SMILES string of the molecule is COCCCn1c(O)c(C=Nc2ccc(N=Nc3ccccc3)cc2)c(C)c(C#N)c1=O. The van der Waals surface area contributed by atoms with Crippen LogP contribution in [0.5, 0.6) is 5.88 Å². The third kappa shape index (κ3) is 5.33. The maximum absolute atomic E-state index is 12.5. The zero-order chi connectivity index (χ0) is 22.9. The first-order valence-corrected chi connectivity index (χ1v) is 10.0. The number of aromatic hydroxyl groups is 1. The fourth-order valence-corrected chi connectivity index (χ4v) is 3.05. The summed E-state index contributed by atoms with van der Waals surface area (Å²) in [5.74, 6) is -0.223. The Balaban J connectivity index is 1.85. The summed E-state index contributed by atoms with van der Waals surface area (Å²) in [6.07, 6.45) is 1.98. The number of ether oxygens (including phenoxy) is 1. The van der Waals surface area contributed by atoms with Crippen molar-refractivity contribution < 1.29 is 9.84 Å². The molecular weight excluding hydrogens is 406 g/mol. The second-order valence-corrected chi connectivity index (χ2v) is 6.96. The van der Waals surface area contributed by atoms with E-state index in [2.05, 4.69) is 15.2 Å². The van der Waals surface area contributed by atoms with Crippen molar-refractivity contribution in [2.45, 2.75) is 19.9 Å². The Morgan fingerprint density at radius 2 is 1.69 bits per heavy atom. The van der Waals surface area contributed by atoms with E-state index < -0.39 is 5.56 Å². The molecule has 0 saturated heterocycles. The average molecular weight is 429 g/mol. The summed E-state index contributed by atoms with van der Waals surface area (Å²) in [5.41, 5.74) is 2.22. The van der Waals surface area contributed by atoms with Crippen LogP contribution < -0.4 is 5.56 Å². The van der Waals surface area contributed by atoms with Crippen LogP contribution in [0, 0.1) is 18.3 Å². The molecule has 0 spiro atoms. The number of benzene rings is 2. The Morgan fingerprint density at radius 3 is 2.31 bits per heavy atom. The third-order valence-corrected chi connectivity index (χ3v) is 4.81. The number of nitrogens with zero attached hydrogens (tertiary/aromatic N) is 5. The largest absolute Gasteiger partial charge is 0.494 e. The summed E-state index contributed by atoms with van der Waals surface area (Å²) in [6, 6.07) is 18.4. The van der Waals surface area contributed by atoms with Gasteiger partial charge in [0.15, 0.2) is 0 Å². The van der Waals surface area contributed by atoms with Crippen molar-refractivity contribution in [2.75, 3.05) is 13.7 Å².